The first kappa shape index (κ1) is 13.5. The van der Waals surface area contributed by atoms with E-state index in [-0.39, 0.29) is 5.75 Å². The zero-order valence-corrected chi connectivity index (χ0v) is 12.3. The fourth-order valence-electron chi connectivity index (χ4n) is 2.85. The number of rotatable bonds is 2. The van der Waals surface area contributed by atoms with Gasteiger partial charge in [-0.25, -0.2) is 0 Å². The summed E-state index contributed by atoms with van der Waals surface area (Å²) in [7, 11) is 0. The molecule has 4 rings (SSSR count). The van der Waals surface area contributed by atoms with E-state index in [0.29, 0.717) is 5.56 Å². The van der Waals surface area contributed by atoms with Crippen molar-refractivity contribution < 1.29 is 5.11 Å². The molecule has 0 radical (unpaired) electrons. The molecule has 3 nitrogen and oxygen atoms in total. The summed E-state index contributed by atoms with van der Waals surface area (Å²) in [5.74, 6) is 0.198. The lowest BCUT2D eigenvalue weighted by Crippen LogP contribution is -1.97. The van der Waals surface area contributed by atoms with Gasteiger partial charge in [0, 0.05) is 16.7 Å². The monoisotopic (exact) mass is 298 g/mol. The Morgan fingerprint density at radius 2 is 1.17 bits per heavy atom. The summed E-state index contributed by atoms with van der Waals surface area (Å²) in [5.41, 5.74) is 6.05. The van der Waals surface area contributed by atoms with Gasteiger partial charge >= 0.3 is 0 Å². The molecule has 0 aromatic heterocycles. The quantitative estimate of drug-likeness (QED) is 0.436. The molecule has 23 heavy (non-hydrogen) atoms. The van der Waals surface area contributed by atoms with Crippen molar-refractivity contribution in [2.45, 2.75) is 0 Å². The van der Waals surface area contributed by atoms with Gasteiger partial charge in [0.2, 0.25) is 0 Å². The minimum absolute atomic E-state index is 0.198. The number of hydrogen-bond donors (Lipinski definition) is 1. The molecule has 1 aliphatic carbocycles. The van der Waals surface area contributed by atoms with Crippen LogP contribution in [-0.4, -0.2) is 17.0 Å². The molecule has 0 unspecified atom stereocenters. The number of para-hydroxylation sites is 1. The van der Waals surface area contributed by atoms with E-state index >= 15 is 0 Å². The summed E-state index contributed by atoms with van der Waals surface area (Å²) in [5, 5.41) is 18.4. The van der Waals surface area contributed by atoms with Crippen LogP contribution in [0, 0.1) is 0 Å². The zero-order chi connectivity index (χ0) is 15.6. The molecule has 0 atom stereocenters. The Hall–Kier alpha value is -3.20. The fraction of sp³-hybridized carbons (Fsp3) is 0. The minimum atomic E-state index is 0.198. The molecule has 1 N–H and O–H groups in total. The summed E-state index contributed by atoms with van der Waals surface area (Å²) in [6.45, 7) is 0. The largest absolute Gasteiger partial charge is 0.507 e. The first-order valence-electron chi connectivity index (χ1n) is 7.43. The number of phenolic OH excluding ortho intramolecular Hbond substituents is 1. The normalized spacial score (nSPS) is 12.3. The molecule has 3 heteroatoms. The average molecular weight is 298 g/mol. The molecular formula is C20H14N2O. The van der Waals surface area contributed by atoms with Crippen LogP contribution in [0.5, 0.6) is 5.75 Å². The highest BCUT2D eigenvalue weighted by molar-refractivity contribution is 6.24. The molecule has 0 fully saturated rings. The van der Waals surface area contributed by atoms with E-state index in [1.54, 1.807) is 24.4 Å². The predicted molar refractivity (Wildman–Crippen MR) is 93.2 cm³/mol. The van der Waals surface area contributed by atoms with E-state index in [1.165, 1.54) is 11.1 Å². The van der Waals surface area contributed by atoms with Crippen molar-refractivity contribution in [1.82, 2.24) is 0 Å². The Morgan fingerprint density at radius 3 is 1.78 bits per heavy atom. The van der Waals surface area contributed by atoms with Crippen molar-refractivity contribution in [1.29, 1.82) is 0 Å². The van der Waals surface area contributed by atoms with Gasteiger partial charge in [-0.05, 0) is 23.3 Å². The van der Waals surface area contributed by atoms with Crippen LogP contribution in [0.25, 0.3) is 11.1 Å². The summed E-state index contributed by atoms with van der Waals surface area (Å²) in [6, 6.07) is 23.5. The number of hydrogen-bond acceptors (Lipinski definition) is 3. The summed E-state index contributed by atoms with van der Waals surface area (Å²) in [4.78, 5) is 0. The molecule has 0 spiro atoms. The van der Waals surface area contributed by atoms with Crippen LogP contribution >= 0.6 is 0 Å². The summed E-state index contributed by atoms with van der Waals surface area (Å²) >= 11 is 0. The molecule has 3 aromatic rings. The topological polar surface area (TPSA) is 45.0 Å². The van der Waals surface area contributed by atoms with E-state index in [2.05, 4.69) is 34.5 Å². The third kappa shape index (κ3) is 2.32. The fourth-order valence-corrected chi connectivity index (χ4v) is 2.85. The van der Waals surface area contributed by atoms with Crippen LogP contribution in [0.1, 0.15) is 16.7 Å². The van der Waals surface area contributed by atoms with Crippen LogP contribution in [0.4, 0.5) is 0 Å². The Morgan fingerprint density at radius 1 is 0.652 bits per heavy atom. The van der Waals surface area contributed by atoms with Crippen LogP contribution in [0.3, 0.4) is 0 Å². The van der Waals surface area contributed by atoms with Gasteiger partial charge in [-0.1, -0.05) is 60.7 Å². The maximum Gasteiger partial charge on any atom is 0.124 e. The maximum atomic E-state index is 9.78. The third-order valence-corrected chi connectivity index (χ3v) is 3.95. The summed E-state index contributed by atoms with van der Waals surface area (Å²) < 4.78 is 0. The second-order valence-electron chi connectivity index (χ2n) is 5.34. The number of aromatic hydroxyl groups is 1. The lowest BCUT2D eigenvalue weighted by Gasteiger charge is -1.99. The molecule has 3 aromatic carbocycles. The Labute approximate surface area is 134 Å². The highest BCUT2D eigenvalue weighted by atomic mass is 16.3. The van der Waals surface area contributed by atoms with E-state index in [1.807, 2.05) is 30.3 Å². The second kappa shape index (κ2) is 5.54. The number of nitrogens with zero attached hydrogens (tertiary/aromatic N) is 2. The predicted octanol–water partition coefficient (Wildman–Crippen LogP) is 4.24. The van der Waals surface area contributed by atoms with Crippen molar-refractivity contribution in [3.05, 3.63) is 89.5 Å². The van der Waals surface area contributed by atoms with Gasteiger partial charge in [0.15, 0.2) is 0 Å². The van der Waals surface area contributed by atoms with Gasteiger partial charge in [-0.2, -0.15) is 5.10 Å². The van der Waals surface area contributed by atoms with E-state index < -0.39 is 0 Å². The van der Waals surface area contributed by atoms with Gasteiger partial charge in [0.1, 0.15) is 11.5 Å². The highest BCUT2D eigenvalue weighted by Crippen LogP contribution is 2.36. The minimum Gasteiger partial charge on any atom is -0.507 e. The smallest absolute Gasteiger partial charge is 0.124 e. The molecule has 0 bridgehead atoms. The van der Waals surface area contributed by atoms with Crippen molar-refractivity contribution in [2.24, 2.45) is 10.2 Å². The number of benzene rings is 3. The molecule has 1 aliphatic rings. The van der Waals surface area contributed by atoms with Gasteiger partial charge in [-0.3, -0.25) is 0 Å². The standard InChI is InChI=1S/C20H14N2O/c23-19-12-6-1-7-14(19)13-21-22-20-17-10-4-2-8-15(17)16-9-3-5-11-18(16)20/h1-13,23H. The lowest BCUT2D eigenvalue weighted by atomic mass is 10.1. The van der Waals surface area contributed by atoms with Gasteiger partial charge in [-0.15, -0.1) is 5.10 Å². The van der Waals surface area contributed by atoms with E-state index in [0.717, 1.165) is 16.8 Å². The van der Waals surface area contributed by atoms with Crippen molar-refractivity contribution in [3.63, 3.8) is 0 Å². The van der Waals surface area contributed by atoms with Crippen LogP contribution in [-0.2, 0) is 0 Å². The lowest BCUT2D eigenvalue weighted by molar-refractivity contribution is 0.474. The van der Waals surface area contributed by atoms with Crippen LogP contribution < -0.4 is 0 Å². The van der Waals surface area contributed by atoms with Gasteiger partial charge in [0.25, 0.3) is 0 Å². The molecule has 0 amide bonds. The van der Waals surface area contributed by atoms with E-state index in [4.69, 9.17) is 0 Å². The first-order chi connectivity index (χ1) is 11.3. The molecular weight excluding hydrogens is 284 g/mol. The summed E-state index contributed by atoms with van der Waals surface area (Å²) in [6.07, 6.45) is 1.58. The van der Waals surface area contributed by atoms with Crippen molar-refractivity contribution in [3.8, 4) is 16.9 Å². The maximum absolute atomic E-state index is 9.78. The third-order valence-electron chi connectivity index (χ3n) is 3.95. The van der Waals surface area contributed by atoms with Crippen molar-refractivity contribution in [2.75, 3.05) is 0 Å². The Bertz CT molecular complexity index is 894. The van der Waals surface area contributed by atoms with Crippen molar-refractivity contribution >= 4 is 11.9 Å². The van der Waals surface area contributed by atoms with Gasteiger partial charge < -0.3 is 5.11 Å². The molecule has 110 valence electrons. The first-order valence-corrected chi connectivity index (χ1v) is 7.43. The Balaban J connectivity index is 1.78. The Kier molecular flexibility index (Phi) is 3.24. The molecule has 0 saturated heterocycles. The van der Waals surface area contributed by atoms with Gasteiger partial charge in [0.05, 0.1) is 6.21 Å². The molecule has 0 aliphatic heterocycles. The molecule has 0 saturated carbocycles. The second-order valence-corrected chi connectivity index (χ2v) is 5.34. The SMILES string of the molecule is Oc1ccccc1C=NN=C1c2ccccc2-c2ccccc21. The number of fused-ring (bicyclic) bond motifs is 3. The van der Waals surface area contributed by atoms with E-state index in [9.17, 15) is 5.11 Å². The van der Waals surface area contributed by atoms with Crippen LogP contribution in [0.2, 0.25) is 0 Å². The zero-order valence-electron chi connectivity index (χ0n) is 12.3. The average Bonchev–Trinajstić information content (AvgIpc) is 2.91. The number of phenols is 1. The van der Waals surface area contributed by atoms with Crippen LogP contribution in [0.15, 0.2) is 83.0 Å². The molecule has 0 heterocycles. The highest BCUT2D eigenvalue weighted by Gasteiger charge is 2.23.